The summed E-state index contributed by atoms with van der Waals surface area (Å²) in [4.78, 5) is 15.1. The lowest BCUT2D eigenvalue weighted by Crippen LogP contribution is -2.36. The topological polar surface area (TPSA) is 38.8 Å². The molecule has 1 heterocycles. The first-order chi connectivity index (χ1) is 13.9. The van der Waals surface area contributed by atoms with Crippen molar-refractivity contribution in [3.05, 3.63) is 58.7 Å². The summed E-state index contributed by atoms with van der Waals surface area (Å²) in [7, 11) is 1.57. The van der Waals surface area contributed by atoms with Crippen LogP contribution in [0.4, 0.5) is 18.9 Å². The number of ketones is 1. The number of benzene rings is 2. The third-order valence-corrected chi connectivity index (χ3v) is 5.60. The van der Waals surface area contributed by atoms with Gasteiger partial charge < -0.3 is 14.4 Å². The highest BCUT2D eigenvalue weighted by Crippen LogP contribution is 2.39. The Hall–Kier alpha value is -2.54. The van der Waals surface area contributed by atoms with Crippen molar-refractivity contribution in [1.29, 1.82) is 0 Å². The summed E-state index contributed by atoms with van der Waals surface area (Å²) in [6.07, 6.45) is -3.59. The predicted octanol–water partition coefficient (Wildman–Crippen LogP) is 4.15. The molecular weight excluding hydrogens is 383 g/mol. The van der Waals surface area contributed by atoms with Crippen LogP contribution in [-0.4, -0.2) is 39.2 Å². The molecule has 29 heavy (non-hydrogen) atoms. The van der Waals surface area contributed by atoms with E-state index in [0.29, 0.717) is 36.5 Å². The Morgan fingerprint density at radius 1 is 1.17 bits per heavy atom. The highest BCUT2D eigenvalue weighted by atomic mass is 19.4. The molecule has 1 saturated heterocycles. The van der Waals surface area contributed by atoms with Crippen molar-refractivity contribution in [2.75, 3.05) is 38.3 Å². The van der Waals surface area contributed by atoms with Gasteiger partial charge in [0.05, 0.1) is 31.6 Å². The molecule has 4 rings (SSSR count). The number of hydrogen-bond acceptors (Lipinski definition) is 4. The van der Waals surface area contributed by atoms with Gasteiger partial charge in [0.25, 0.3) is 0 Å². The highest BCUT2D eigenvalue weighted by Gasteiger charge is 2.34. The van der Waals surface area contributed by atoms with Crippen molar-refractivity contribution < 1.29 is 27.4 Å². The van der Waals surface area contributed by atoms with Gasteiger partial charge in [-0.15, -0.1) is 0 Å². The fourth-order valence-electron chi connectivity index (χ4n) is 4.13. The molecule has 1 fully saturated rings. The van der Waals surface area contributed by atoms with E-state index in [1.54, 1.807) is 19.2 Å². The molecule has 1 atom stereocenters. The monoisotopic (exact) mass is 405 g/mol. The van der Waals surface area contributed by atoms with Gasteiger partial charge in [-0.1, -0.05) is 18.2 Å². The molecule has 0 radical (unpaired) electrons. The third-order valence-electron chi connectivity index (χ3n) is 5.60. The van der Waals surface area contributed by atoms with Crippen molar-refractivity contribution in [2.24, 2.45) is 5.92 Å². The number of carbonyl (C=O) groups is 1. The number of ether oxygens (including phenoxy) is 2. The summed E-state index contributed by atoms with van der Waals surface area (Å²) in [6, 6.07) is 8.98. The first-order valence-corrected chi connectivity index (χ1v) is 9.61. The predicted molar refractivity (Wildman–Crippen MR) is 103 cm³/mol. The molecule has 0 aromatic heterocycles. The summed E-state index contributed by atoms with van der Waals surface area (Å²) in [6.45, 7) is 2.77. The number of Topliss-reactive ketones (excluding diaryl/α,β-unsaturated/α-hetero) is 1. The second kappa shape index (κ2) is 7.71. The molecule has 4 nitrogen and oxygen atoms in total. The molecule has 1 aliphatic carbocycles. The van der Waals surface area contributed by atoms with Gasteiger partial charge in [0.15, 0.2) is 5.78 Å². The van der Waals surface area contributed by atoms with E-state index in [1.807, 2.05) is 6.07 Å². The Labute approximate surface area is 167 Å². The van der Waals surface area contributed by atoms with Crippen LogP contribution < -0.4 is 9.64 Å². The van der Waals surface area contributed by atoms with Gasteiger partial charge in [-0.2, -0.15) is 13.2 Å². The van der Waals surface area contributed by atoms with Crippen LogP contribution in [-0.2, 0) is 23.8 Å². The summed E-state index contributed by atoms with van der Waals surface area (Å²) in [5.74, 6) is 0.237. The molecule has 0 amide bonds. The summed E-state index contributed by atoms with van der Waals surface area (Å²) in [5, 5.41) is 0. The molecule has 0 N–H and O–H groups in total. The maximum Gasteiger partial charge on any atom is 0.416 e. The quantitative estimate of drug-likeness (QED) is 0.766. The maximum atomic E-state index is 13.0. The van der Waals surface area contributed by atoms with Gasteiger partial charge in [-0.05, 0) is 42.2 Å². The summed E-state index contributed by atoms with van der Waals surface area (Å²) >= 11 is 0. The van der Waals surface area contributed by atoms with E-state index in [0.717, 1.165) is 36.5 Å². The first kappa shape index (κ1) is 19.8. The molecule has 0 saturated carbocycles. The molecule has 1 aliphatic heterocycles. The Morgan fingerprint density at radius 3 is 2.62 bits per heavy atom. The Morgan fingerprint density at radius 2 is 1.93 bits per heavy atom. The fourth-order valence-corrected chi connectivity index (χ4v) is 4.13. The summed E-state index contributed by atoms with van der Waals surface area (Å²) in [5.41, 5.74) is 2.30. The van der Waals surface area contributed by atoms with E-state index in [-0.39, 0.29) is 18.1 Å². The van der Waals surface area contributed by atoms with Gasteiger partial charge in [-0.25, -0.2) is 0 Å². The van der Waals surface area contributed by atoms with Crippen molar-refractivity contribution in [3.63, 3.8) is 0 Å². The minimum atomic E-state index is -4.39. The van der Waals surface area contributed by atoms with Crippen molar-refractivity contribution in [2.45, 2.75) is 19.0 Å². The SMILES string of the molecule is COc1cc2c(cc1N1CCOCC1)CC(Cc1cccc(C(F)(F)F)c1)C2=O. The van der Waals surface area contributed by atoms with Crippen molar-refractivity contribution in [3.8, 4) is 5.75 Å². The van der Waals surface area contributed by atoms with E-state index < -0.39 is 11.7 Å². The molecule has 154 valence electrons. The molecule has 7 heteroatoms. The minimum Gasteiger partial charge on any atom is -0.495 e. The highest BCUT2D eigenvalue weighted by molar-refractivity contribution is 6.03. The Kier molecular flexibility index (Phi) is 5.25. The van der Waals surface area contributed by atoms with Crippen LogP contribution in [0.15, 0.2) is 36.4 Å². The van der Waals surface area contributed by atoms with Crippen LogP contribution in [0.25, 0.3) is 0 Å². The van der Waals surface area contributed by atoms with Crippen LogP contribution in [0.5, 0.6) is 5.75 Å². The van der Waals surface area contributed by atoms with Gasteiger partial charge in [0, 0.05) is 24.6 Å². The molecule has 0 spiro atoms. The largest absolute Gasteiger partial charge is 0.495 e. The fraction of sp³-hybridized carbons (Fsp3) is 0.409. The molecule has 2 aromatic carbocycles. The van der Waals surface area contributed by atoms with Crippen LogP contribution in [0.2, 0.25) is 0 Å². The second-order valence-electron chi connectivity index (χ2n) is 7.45. The number of halogens is 3. The molecule has 2 aliphatic rings. The van der Waals surface area contributed by atoms with Gasteiger partial charge in [0.2, 0.25) is 0 Å². The average molecular weight is 405 g/mol. The Bertz CT molecular complexity index is 920. The number of alkyl halides is 3. The van der Waals surface area contributed by atoms with E-state index >= 15 is 0 Å². The lowest BCUT2D eigenvalue weighted by atomic mass is 9.95. The number of nitrogens with zero attached hydrogens (tertiary/aromatic N) is 1. The first-order valence-electron chi connectivity index (χ1n) is 9.61. The Balaban J connectivity index is 1.58. The zero-order valence-electron chi connectivity index (χ0n) is 16.1. The number of morpholine rings is 1. The van der Waals surface area contributed by atoms with Gasteiger partial charge in [0.1, 0.15) is 5.75 Å². The number of hydrogen-bond donors (Lipinski definition) is 0. The number of methoxy groups -OCH3 is 1. The van der Waals surface area contributed by atoms with Crippen molar-refractivity contribution >= 4 is 11.5 Å². The third kappa shape index (κ3) is 3.96. The lowest BCUT2D eigenvalue weighted by molar-refractivity contribution is -0.137. The normalized spacial score (nSPS) is 19.4. The van der Waals surface area contributed by atoms with E-state index in [4.69, 9.17) is 9.47 Å². The number of fused-ring (bicyclic) bond motifs is 1. The van der Waals surface area contributed by atoms with E-state index in [1.165, 1.54) is 6.07 Å². The second-order valence-corrected chi connectivity index (χ2v) is 7.45. The zero-order chi connectivity index (χ0) is 20.6. The zero-order valence-corrected chi connectivity index (χ0v) is 16.1. The van der Waals surface area contributed by atoms with E-state index in [9.17, 15) is 18.0 Å². The summed E-state index contributed by atoms with van der Waals surface area (Å²) < 4.78 is 49.9. The van der Waals surface area contributed by atoms with Gasteiger partial charge in [-0.3, -0.25) is 4.79 Å². The van der Waals surface area contributed by atoms with Gasteiger partial charge >= 0.3 is 6.18 Å². The number of rotatable bonds is 4. The minimum absolute atomic E-state index is 0.0377. The van der Waals surface area contributed by atoms with Crippen molar-refractivity contribution in [1.82, 2.24) is 0 Å². The van der Waals surface area contributed by atoms with Crippen LogP contribution in [0.1, 0.15) is 27.0 Å². The lowest BCUT2D eigenvalue weighted by Gasteiger charge is -2.30. The van der Waals surface area contributed by atoms with Crippen LogP contribution in [0, 0.1) is 5.92 Å². The molecule has 0 bridgehead atoms. The standard InChI is InChI=1S/C22H22F3NO3/c1-28-20-13-18-15(12-19(20)26-5-7-29-8-6-26)11-16(21(18)27)9-14-3-2-4-17(10-14)22(23,24)25/h2-4,10,12-13,16H,5-9,11H2,1H3. The van der Waals surface area contributed by atoms with E-state index in [2.05, 4.69) is 4.90 Å². The maximum absolute atomic E-state index is 13.0. The van der Waals surface area contributed by atoms with Crippen LogP contribution >= 0.6 is 0 Å². The number of carbonyl (C=O) groups excluding carboxylic acids is 1. The average Bonchev–Trinajstić information content (AvgIpc) is 3.02. The molecular formula is C22H22F3NO3. The molecule has 2 aromatic rings. The number of anilines is 1. The molecule has 1 unspecified atom stereocenters. The van der Waals surface area contributed by atoms with Crippen LogP contribution in [0.3, 0.4) is 0 Å². The smallest absolute Gasteiger partial charge is 0.416 e.